The van der Waals surface area contributed by atoms with Crippen LogP contribution in [-0.2, 0) is 4.79 Å². The molecule has 0 heterocycles. The summed E-state index contributed by atoms with van der Waals surface area (Å²) in [5, 5.41) is 32.7. The molecule has 3 unspecified atom stereocenters. The van der Waals surface area contributed by atoms with Crippen molar-refractivity contribution in [2.24, 2.45) is 0 Å². The largest absolute Gasteiger partial charge is 0.394 e. The third kappa shape index (κ3) is 25.3. The van der Waals surface area contributed by atoms with Gasteiger partial charge in [-0.05, 0) is 57.8 Å². The van der Waals surface area contributed by atoms with Gasteiger partial charge in [0.25, 0.3) is 0 Å². The van der Waals surface area contributed by atoms with Gasteiger partial charge in [0.1, 0.15) is 6.10 Å². The Bertz CT molecular complexity index is 616. The minimum atomic E-state index is -1.12. The molecule has 0 rings (SSSR count). The lowest BCUT2D eigenvalue weighted by atomic mass is 10.1. The molecule has 4 N–H and O–H groups in total. The highest BCUT2D eigenvalue weighted by atomic mass is 16.3. The molecule has 0 spiro atoms. The Morgan fingerprint density at radius 3 is 1.56 bits per heavy atom. The predicted molar refractivity (Wildman–Crippen MR) is 167 cm³/mol. The van der Waals surface area contributed by atoms with E-state index in [1.807, 2.05) is 6.08 Å². The van der Waals surface area contributed by atoms with Crippen LogP contribution in [0.5, 0.6) is 0 Å². The maximum Gasteiger partial charge on any atom is 0.249 e. The number of unbranched alkanes of at least 4 members (excludes halogenated alkanes) is 16. The first-order valence-electron chi connectivity index (χ1n) is 16.3. The standard InChI is InChI=1S/C34H63NO4/c1-3-5-7-9-11-13-15-17-19-20-22-24-26-28-32(37)31(30-36)35-34(39)33(38)29-27-25-23-21-18-16-14-12-10-8-6-4-2/h18-21,26,28,31-33,36-38H,3-17,22-25,27,29-30H2,1-2H3,(H,35,39)/b20-19+,21-18-,28-26+. The summed E-state index contributed by atoms with van der Waals surface area (Å²) in [5.41, 5.74) is 0. The van der Waals surface area contributed by atoms with Gasteiger partial charge in [0.05, 0.1) is 18.8 Å². The van der Waals surface area contributed by atoms with E-state index in [4.69, 9.17) is 0 Å². The van der Waals surface area contributed by atoms with E-state index in [-0.39, 0.29) is 6.61 Å². The van der Waals surface area contributed by atoms with E-state index in [2.05, 4.69) is 43.5 Å². The van der Waals surface area contributed by atoms with Crippen LogP contribution in [0.15, 0.2) is 36.5 Å². The first-order valence-corrected chi connectivity index (χ1v) is 16.3. The first kappa shape index (κ1) is 37.6. The van der Waals surface area contributed by atoms with Crippen molar-refractivity contribution in [1.29, 1.82) is 0 Å². The zero-order valence-corrected chi connectivity index (χ0v) is 25.5. The summed E-state index contributed by atoms with van der Waals surface area (Å²) in [6, 6.07) is -0.818. The van der Waals surface area contributed by atoms with Crippen molar-refractivity contribution in [3.05, 3.63) is 36.5 Å². The molecule has 0 bridgehead atoms. The third-order valence-electron chi connectivity index (χ3n) is 7.20. The van der Waals surface area contributed by atoms with Gasteiger partial charge >= 0.3 is 0 Å². The molecular weight excluding hydrogens is 486 g/mol. The monoisotopic (exact) mass is 549 g/mol. The molecule has 0 aliphatic heterocycles. The van der Waals surface area contributed by atoms with Crippen molar-refractivity contribution in [2.45, 2.75) is 167 Å². The van der Waals surface area contributed by atoms with Crippen molar-refractivity contribution in [2.75, 3.05) is 6.61 Å². The molecule has 0 aliphatic carbocycles. The van der Waals surface area contributed by atoms with Crippen LogP contribution in [0, 0.1) is 0 Å². The lowest BCUT2D eigenvalue weighted by Crippen LogP contribution is -2.48. The highest BCUT2D eigenvalue weighted by molar-refractivity contribution is 5.80. The number of amides is 1. The fourth-order valence-corrected chi connectivity index (χ4v) is 4.54. The molecule has 0 radical (unpaired) electrons. The molecule has 0 saturated heterocycles. The van der Waals surface area contributed by atoms with Crippen LogP contribution in [0.1, 0.15) is 149 Å². The van der Waals surface area contributed by atoms with Crippen LogP contribution in [0.25, 0.3) is 0 Å². The van der Waals surface area contributed by atoms with Crippen molar-refractivity contribution in [1.82, 2.24) is 5.32 Å². The minimum Gasteiger partial charge on any atom is -0.394 e. The van der Waals surface area contributed by atoms with E-state index >= 15 is 0 Å². The summed E-state index contributed by atoms with van der Waals surface area (Å²) in [7, 11) is 0. The molecular formula is C34H63NO4. The molecule has 3 atom stereocenters. The Labute approximate surface area is 241 Å². The van der Waals surface area contributed by atoms with Gasteiger partial charge in [-0.15, -0.1) is 0 Å². The lowest BCUT2D eigenvalue weighted by Gasteiger charge is -2.21. The fourth-order valence-electron chi connectivity index (χ4n) is 4.54. The van der Waals surface area contributed by atoms with E-state index in [9.17, 15) is 20.1 Å². The smallest absolute Gasteiger partial charge is 0.249 e. The maximum absolute atomic E-state index is 12.3. The van der Waals surface area contributed by atoms with Crippen LogP contribution in [0.3, 0.4) is 0 Å². The molecule has 0 fully saturated rings. The zero-order chi connectivity index (χ0) is 28.8. The second kappa shape index (κ2) is 29.6. The van der Waals surface area contributed by atoms with Crippen molar-refractivity contribution >= 4 is 5.91 Å². The second-order valence-electron chi connectivity index (χ2n) is 11.0. The topological polar surface area (TPSA) is 89.8 Å². The normalized spacial score (nSPS) is 14.5. The van der Waals surface area contributed by atoms with Crippen molar-refractivity contribution < 1.29 is 20.1 Å². The number of carbonyl (C=O) groups is 1. The number of aliphatic hydroxyl groups excluding tert-OH is 3. The van der Waals surface area contributed by atoms with Crippen LogP contribution in [0.4, 0.5) is 0 Å². The fraction of sp³-hybridized carbons (Fsp3) is 0.794. The van der Waals surface area contributed by atoms with E-state index in [0.717, 1.165) is 44.9 Å². The second-order valence-corrected chi connectivity index (χ2v) is 11.0. The molecule has 5 heteroatoms. The Morgan fingerprint density at radius 2 is 1.05 bits per heavy atom. The summed E-state index contributed by atoms with van der Waals surface area (Å²) < 4.78 is 0. The van der Waals surface area contributed by atoms with Crippen LogP contribution < -0.4 is 5.32 Å². The number of allylic oxidation sites excluding steroid dienone is 5. The number of rotatable bonds is 28. The van der Waals surface area contributed by atoms with Crippen LogP contribution in [0.2, 0.25) is 0 Å². The number of carbonyl (C=O) groups excluding carboxylic acids is 1. The highest BCUT2D eigenvalue weighted by Crippen LogP contribution is 2.10. The molecule has 39 heavy (non-hydrogen) atoms. The van der Waals surface area contributed by atoms with Gasteiger partial charge in [-0.25, -0.2) is 0 Å². The van der Waals surface area contributed by atoms with Gasteiger partial charge < -0.3 is 20.6 Å². The van der Waals surface area contributed by atoms with Gasteiger partial charge in [-0.2, -0.15) is 0 Å². The minimum absolute atomic E-state index is 0.381. The van der Waals surface area contributed by atoms with Crippen LogP contribution in [-0.4, -0.2) is 46.1 Å². The average Bonchev–Trinajstić information content (AvgIpc) is 2.94. The van der Waals surface area contributed by atoms with E-state index in [1.165, 1.54) is 83.5 Å². The molecule has 0 aromatic rings. The Balaban J connectivity index is 3.91. The molecule has 0 aliphatic rings. The zero-order valence-electron chi connectivity index (χ0n) is 25.5. The molecule has 0 aromatic heterocycles. The van der Waals surface area contributed by atoms with Crippen LogP contribution >= 0.6 is 0 Å². The molecule has 5 nitrogen and oxygen atoms in total. The average molecular weight is 550 g/mol. The van der Waals surface area contributed by atoms with Crippen molar-refractivity contribution in [3.8, 4) is 0 Å². The van der Waals surface area contributed by atoms with E-state index < -0.39 is 24.2 Å². The number of nitrogens with one attached hydrogen (secondary N) is 1. The number of hydrogen-bond acceptors (Lipinski definition) is 4. The summed E-state index contributed by atoms with van der Waals surface area (Å²) in [4.78, 5) is 12.3. The first-order chi connectivity index (χ1) is 19.1. The predicted octanol–water partition coefficient (Wildman–Crippen LogP) is 8.09. The Morgan fingerprint density at radius 1 is 0.615 bits per heavy atom. The quantitative estimate of drug-likeness (QED) is 0.0586. The van der Waals surface area contributed by atoms with Crippen molar-refractivity contribution in [3.63, 3.8) is 0 Å². The van der Waals surface area contributed by atoms with Gasteiger partial charge in [0.15, 0.2) is 0 Å². The summed E-state index contributed by atoms with van der Waals surface area (Å²) in [6.07, 6.45) is 34.4. The molecule has 228 valence electrons. The van der Waals surface area contributed by atoms with E-state index in [0.29, 0.717) is 6.42 Å². The Hall–Kier alpha value is -1.43. The lowest BCUT2D eigenvalue weighted by molar-refractivity contribution is -0.131. The summed E-state index contributed by atoms with van der Waals surface area (Å²) in [5.74, 6) is -0.534. The molecule has 0 aromatic carbocycles. The molecule has 0 saturated carbocycles. The maximum atomic E-state index is 12.3. The third-order valence-corrected chi connectivity index (χ3v) is 7.20. The Kier molecular flexibility index (Phi) is 28.5. The number of aliphatic hydroxyl groups is 3. The van der Waals surface area contributed by atoms with Gasteiger partial charge in [0, 0.05) is 0 Å². The van der Waals surface area contributed by atoms with E-state index in [1.54, 1.807) is 6.08 Å². The highest BCUT2D eigenvalue weighted by Gasteiger charge is 2.22. The SMILES string of the molecule is CCCCCCCC/C=C\CCCCC(O)C(=O)NC(CO)C(O)/C=C/CC/C=C/CCCCCCCCC. The summed E-state index contributed by atoms with van der Waals surface area (Å²) in [6.45, 7) is 4.10. The number of hydrogen-bond donors (Lipinski definition) is 4. The van der Waals surface area contributed by atoms with Gasteiger partial charge in [0.2, 0.25) is 5.91 Å². The molecule has 1 amide bonds. The van der Waals surface area contributed by atoms with Gasteiger partial charge in [-0.3, -0.25) is 4.79 Å². The van der Waals surface area contributed by atoms with Gasteiger partial charge in [-0.1, -0.05) is 127 Å². The summed E-state index contributed by atoms with van der Waals surface area (Å²) >= 11 is 0.